The molecule has 0 aromatic heterocycles. The average molecular weight is 275 g/mol. The summed E-state index contributed by atoms with van der Waals surface area (Å²) in [6.07, 6.45) is 3.90. The van der Waals surface area contributed by atoms with Crippen molar-refractivity contribution in [2.75, 3.05) is 26.3 Å². The topological polar surface area (TPSA) is 30.5 Å². The van der Waals surface area contributed by atoms with E-state index >= 15 is 0 Å². The quantitative estimate of drug-likeness (QED) is 0.916. The molecule has 0 spiro atoms. The Kier molecular flexibility index (Phi) is 3.88. The van der Waals surface area contributed by atoms with Gasteiger partial charge in [-0.05, 0) is 43.0 Å². The van der Waals surface area contributed by atoms with Gasteiger partial charge in [0.2, 0.25) is 0 Å². The monoisotopic (exact) mass is 275 g/mol. The standard InChI is InChI=1S/C17H25NO2/c1-3-18-12-17(8-4-5-13(17)2)14-6-7-15-16(11-14)20-10-9-19-15/h6-7,11,13,18H,3-5,8-10,12H2,1-2H3. The van der Waals surface area contributed by atoms with Crippen LogP contribution < -0.4 is 14.8 Å². The van der Waals surface area contributed by atoms with Gasteiger partial charge in [-0.1, -0.05) is 26.3 Å². The maximum absolute atomic E-state index is 5.76. The highest BCUT2D eigenvalue weighted by molar-refractivity contribution is 5.46. The summed E-state index contributed by atoms with van der Waals surface area (Å²) in [6.45, 7) is 7.97. The molecular formula is C17H25NO2. The Morgan fingerprint density at radius 1 is 1.25 bits per heavy atom. The third kappa shape index (κ3) is 2.28. The van der Waals surface area contributed by atoms with Crippen LogP contribution in [0.25, 0.3) is 0 Å². The van der Waals surface area contributed by atoms with Gasteiger partial charge < -0.3 is 14.8 Å². The number of benzene rings is 1. The zero-order valence-electron chi connectivity index (χ0n) is 12.6. The van der Waals surface area contributed by atoms with E-state index in [2.05, 4.69) is 37.4 Å². The molecule has 3 rings (SSSR count). The zero-order valence-corrected chi connectivity index (χ0v) is 12.6. The molecule has 1 aliphatic carbocycles. The van der Waals surface area contributed by atoms with Crippen LogP contribution in [0.15, 0.2) is 18.2 Å². The normalized spacial score (nSPS) is 28.6. The second-order valence-electron chi connectivity index (χ2n) is 6.09. The van der Waals surface area contributed by atoms with E-state index in [1.165, 1.54) is 24.8 Å². The van der Waals surface area contributed by atoms with E-state index in [4.69, 9.17) is 9.47 Å². The molecule has 0 radical (unpaired) electrons. The summed E-state index contributed by atoms with van der Waals surface area (Å²) in [5.74, 6) is 2.53. The van der Waals surface area contributed by atoms with Crippen molar-refractivity contribution < 1.29 is 9.47 Å². The molecule has 3 nitrogen and oxygen atoms in total. The van der Waals surface area contributed by atoms with Gasteiger partial charge in [0, 0.05) is 12.0 Å². The number of rotatable bonds is 4. The van der Waals surface area contributed by atoms with Crippen molar-refractivity contribution in [1.29, 1.82) is 0 Å². The van der Waals surface area contributed by atoms with Crippen LogP contribution in [-0.2, 0) is 5.41 Å². The smallest absolute Gasteiger partial charge is 0.161 e. The van der Waals surface area contributed by atoms with Crippen LogP contribution in [0.5, 0.6) is 11.5 Å². The first-order valence-corrected chi connectivity index (χ1v) is 7.87. The van der Waals surface area contributed by atoms with Gasteiger partial charge in [0.05, 0.1) is 0 Å². The van der Waals surface area contributed by atoms with Crippen LogP contribution in [0.1, 0.15) is 38.7 Å². The molecule has 1 aliphatic heterocycles. The first kappa shape index (κ1) is 13.7. The van der Waals surface area contributed by atoms with E-state index in [0.29, 0.717) is 19.1 Å². The zero-order chi connectivity index (χ0) is 14.0. The van der Waals surface area contributed by atoms with E-state index in [-0.39, 0.29) is 5.41 Å². The number of hydrogen-bond donors (Lipinski definition) is 1. The van der Waals surface area contributed by atoms with Gasteiger partial charge in [-0.3, -0.25) is 0 Å². The minimum atomic E-state index is 0.256. The van der Waals surface area contributed by atoms with Crippen molar-refractivity contribution in [1.82, 2.24) is 5.32 Å². The molecule has 1 saturated carbocycles. The van der Waals surface area contributed by atoms with E-state index < -0.39 is 0 Å². The van der Waals surface area contributed by atoms with Crippen molar-refractivity contribution >= 4 is 0 Å². The van der Waals surface area contributed by atoms with Crippen molar-refractivity contribution in [2.24, 2.45) is 5.92 Å². The third-order valence-corrected chi connectivity index (χ3v) is 5.01. The Hall–Kier alpha value is -1.22. The largest absolute Gasteiger partial charge is 0.486 e. The number of hydrogen-bond acceptors (Lipinski definition) is 3. The lowest BCUT2D eigenvalue weighted by molar-refractivity contribution is 0.170. The fourth-order valence-electron chi connectivity index (χ4n) is 3.74. The van der Waals surface area contributed by atoms with E-state index in [1.54, 1.807) is 0 Å². The number of fused-ring (bicyclic) bond motifs is 1. The Morgan fingerprint density at radius 2 is 2.05 bits per heavy atom. The highest BCUT2D eigenvalue weighted by Gasteiger charge is 2.41. The fraction of sp³-hybridized carbons (Fsp3) is 0.647. The van der Waals surface area contributed by atoms with Gasteiger partial charge in [-0.2, -0.15) is 0 Å². The van der Waals surface area contributed by atoms with Gasteiger partial charge in [-0.25, -0.2) is 0 Å². The maximum Gasteiger partial charge on any atom is 0.161 e. The van der Waals surface area contributed by atoms with Crippen LogP contribution >= 0.6 is 0 Å². The second-order valence-corrected chi connectivity index (χ2v) is 6.09. The van der Waals surface area contributed by atoms with Gasteiger partial charge in [0.1, 0.15) is 13.2 Å². The third-order valence-electron chi connectivity index (χ3n) is 5.01. The number of nitrogens with one attached hydrogen (secondary N) is 1. The summed E-state index contributed by atoms with van der Waals surface area (Å²) in [7, 11) is 0. The average Bonchev–Trinajstić information content (AvgIpc) is 2.87. The predicted molar refractivity (Wildman–Crippen MR) is 80.7 cm³/mol. The van der Waals surface area contributed by atoms with Crippen LogP contribution in [0.2, 0.25) is 0 Å². The first-order chi connectivity index (χ1) is 9.76. The number of likely N-dealkylation sites (N-methyl/N-ethyl adjacent to an activating group) is 1. The first-order valence-electron chi connectivity index (χ1n) is 7.87. The summed E-state index contributed by atoms with van der Waals surface area (Å²) in [6, 6.07) is 6.54. The molecule has 1 aromatic rings. The van der Waals surface area contributed by atoms with Crippen molar-refractivity contribution in [3.05, 3.63) is 23.8 Å². The molecule has 20 heavy (non-hydrogen) atoms. The Balaban J connectivity index is 1.94. The molecule has 2 unspecified atom stereocenters. The molecule has 1 fully saturated rings. The molecule has 1 heterocycles. The maximum atomic E-state index is 5.76. The lowest BCUT2D eigenvalue weighted by Gasteiger charge is -2.35. The highest BCUT2D eigenvalue weighted by atomic mass is 16.6. The lowest BCUT2D eigenvalue weighted by atomic mass is 9.72. The Labute approximate surface area is 121 Å². The van der Waals surface area contributed by atoms with Crippen molar-refractivity contribution in [3.8, 4) is 11.5 Å². The fourth-order valence-corrected chi connectivity index (χ4v) is 3.74. The van der Waals surface area contributed by atoms with Gasteiger partial charge >= 0.3 is 0 Å². The molecular weight excluding hydrogens is 250 g/mol. The Morgan fingerprint density at radius 3 is 2.75 bits per heavy atom. The second kappa shape index (κ2) is 5.65. The molecule has 0 bridgehead atoms. The summed E-state index contributed by atoms with van der Waals surface area (Å²) in [5.41, 5.74) is 1.67. The summed E-state index contributed by atoms with van der Waals surface area (Å²) in [5, 5.41) is 3.57. The lowest BCUT2D eigenvalue weighted by Crippen LogP contribution is -2.40. The molecule has 2 atom stereocenters. The van der Waals surface area contributed by atoms with Crippen LogP contribution in [0.3, 0.4) is 0 Å². The van der Waals surface area contributed by atoms with Gasteiger partial charge in [0.25, 0.3) is 0 Å². The van der Waals surface area contributed by atoms with Crippen LogP contribution in [0.4, 0.5) is 0 Å². The predicted octanol–water partition coefficient (Wildman–Crippen LogP) is 3.13. The highest BCUT2D eigenvalue weighted by Crippen LogP contribution is 2.47. The van der Waals surface area contributed by atoms with Crippen LogP contribution in [0, 0.1) is 5.92 Å². The summed E-state index contributed by atoms with van der Waals surface area (Å²) in [4.78, 5) is 0. The SMILES string of the molecule is CCNCC1(c2ccc3c(c2)OCCO3)CCCC1C. The van der Waals surface area contributed by atoms with Crippen LogP contribution in [-0.4, -0.2) is 26.3 Å². The molecule has 1 N–H and O–H groups in total. The summed E-state index contributed by atoms with van der Waals surface area (Å²) >= 11 is 0. The van der Waals surface area contributed by atoms with Gasteiger partial charge in [0.15, 0.2) is 11.5 Å². The Bertz CT molecular complexity index is 474. The minimum absolute atomic E-state index is 0.256. The van der Waals surface area contributed by atoms with E-state index in [1.807, 2.05) is 0 Å². The molecule has 110 valence electrons. The van der Waals surface area contributed by atoms with Crippen molar-refractivity contribution in [2.45, 2.75) is 38.5 Å². The molecule has 2 aliphatic rings. The molecule has 0 amide bonds. The van der Waals surface area contributed by atoms with E-state index in [0.717, 1.165) is 24.6 Å². The van der Waals surface area contributed by atoms with Crippen molar-refractivity contribution in [3.63, 3.8) is 0 Å². The van der Waals surface area contributed by atoms with Gasteiger partial charge in [-0.15, -0.1) is 0 Å². The minimum Gasteiger partial charge on any atom is -0.486 e. The molecule has 3 heteroatoms. The van der Waals surface area contributed by atoms with E-state index in [9.17, 15) is 0 Å². The molecule has 0 saturated heterocycles. The number of ether oxygens (including phenoxy) is 2. The summed E-state index contributed by atoms with van der Waals surface area (Å²) < 4.78 is 11.4. The molecule has 1 aromatic carbocycles.